The van der Waals surface area contributed by atoms with E-state index >= 15 is 0 Å². The summed E-state index contributed by atoms with van der Waals surface area (Å²) >= 11 is 0. The number of nitrogens with one attached hydrogen (secondary N) is 1. The number of carbonyl (C=O) groups is 1. The number of anilines is 1. The van der Waals surface area contributed by atoms with E-state index in [9.17, 15) is 4.79 Å². The summed E-state index contributed by atoms with van der Waals surface area (Å²) in [5.74, 6) is 2.26. The molecule has 0 bridgehead atoms. The number of hydrogen-bond acceptors (Lipinski definition) is 5. The first-order valence-electron chi connectivity index (χ1n) is 9.39. The molecule has 0 spiro atoms. The monoisotopic (exact) mass is 386 g/mol. The van der Waals surface area contributed by atoms with Crippen molar-refractivity contribution in [3.05, 3.63) is 84.8 Å². The first-order valence-corrected chi connectivity index (χ1v) is 9.39. The Kier molecular flexibility index (Phi) is 4.17. The lowest BCUT2D eigenvalue weighted by Crippen LogP contribution is -2.28. The number of amides is 1. The van der Waals surface area contributed by atoms with E-state index < -0.39 is 5.41 Å². The van der Waals surface area contributed by atoms with Gasteiger partial charge in [0.05, 0.1) is 23.1 Å². The number of carbonyl (C=O) groups excluding carboxylic acids is 1. The van der Waals surface area contributed by atoms with Crippen molar-refractivity contribution in [3.63, 3.8) is 0 Å². The number of furan rings is 1. The summed E-state index contributed by atoms with van der Waals surface area (Å²) in [4.78, 5) is 13.1. The van der Waals surface area contributed by atoms with Crippen LogP contribution < -0.4 is 10.1 Å². The van der Waals surface area contributed by atoms with Gasteiger partial charge in [0, 0.05) is 6.07 Å². The zero-order valence-electron chi connectivity index (χ0n) is 15.5. The molecule has 0 atom stereocenters. The number of nitrogens with zero attached hydrogens (tertiary/aromatic N) is 1. The largest absolute Gasteiger partial charge is 0.461 e. The van der Waals surface area contributed by atoms with Crippen LogP contribution in [0.3, 0.4) is 0 Å². The van der Waals surface area contributed by atoms with E-state index in [0.29, 0.717) is 47.2 Å². The number of rotatable bonds is 6. The van der Waals surface area contributed by atoms with Crippen LogP contribution in [0.2, 0.25) is 0 Å². The van der Waals surface area contributed by atoms with Crippen molar-refractivity contribution in [2.75, 3.05) is 5.32 Å². The Bertz CT molecular complexity index is 1130. The van der Waals surface area contributed by atoms with Gasteiger partial charge in [-0.3, -0.25) is 4.79 Å². The standard InChI is InChI=1S/C23H18N2O4/c26-22(23(12-13-23)21-15-20(29-25-21)19-11-6-14-27-19)24-17-9-4-5-10-18(17)28-16-7-2-1-3-8-16/h1-11,14-15H,12-13H2,(H,24,26). The van der Waals surface area contributed by atoms with Crippen molar-refractivity contribution in [3.8, 4) is 23.0 Å². The van der Waals surface area contributed by atoms with Gasteiger partial charge in [-0.1, -0.05) is 35.5 Å². The summed E-state index contributed by atoms with van der Waals surface area (Å²) in [6, 6.07) is 22.2. The molecule has 1 fully saturated rings. The second-order valence-electron chi connectivity index (χ2n) is 7.00. The molecule has 2 heterocycles. The molecule has 0 radical (unpaired) electrons. The van der Waals surface area contributed by atoms with Crippen LogP contribution in [0.5, 0.6) is 11.5 Å². The molecule has 2 aromatic carbocycles. The quantitative estimate of drug-likeness (QED) is 0.480. The summed E-state index contributed by atoms with van der Waals surface area (Å²) in [6.45, 7) is 0. The predicted molar refractivity (Wildman–Crippen MR) is 107 cm³/mol. The lowest BCUT2D eigenvalue weighted by Gasteiger charge is -2.15. The maximum atomic E-state index is 13.1. The molecule has 0 aliphatic heterocycles. The molecule has 4 aromatic rings. The molecular formula is C23H18N2O4. The Morgan fingerprint density at radius 3 is 2.52 bits per heavy atom. The topological polar surface area (TPSA) is 77.5 Å². The molecule has 1 aliphatic rings. The summed E-state index contributed by atoms with van der Waals surface area (Å²) in [6.07, 6.45) is 3.00. The highest BCUT2D eigenvalue weighted by molar-refractivity contribution is 6.02. The van der Waals surface area contributed by atoms with E-state index in [1.54, 1.807) is 24.5 Å². The Morgan fingerprint density at radius 2 is 1.76 bits per heavy atom. The van der Waals surface area contributed by atoms with Gasteiger partial charge in [0.2, 0.25) is 11.7 Å². The third-order valence-electron chi connectivity index (χ3n) is 5.06. The van der Waals surface area contributed by atoms with Crippen LogP contribution in [0.15, 0.2) is 88.0 Å². The fourth-order valence-electron chi connectivity index (χ4n) is 3.28. The third-order valence-corrected chi connectivity index (χ3v) is 5.06. The molecule has 1 amide bonds. The average Bonchev–Trinajstić information content (AvgIpc) is 3.15. The minimum atomic E-state index is -0.686. The van der Waals surface area contributed by atoms with Gasteiger partial charge in [-0.25, -0.2) is 0 Å². The number of benzene rings is 2. The second-order valence-corrected chi connectivity index (χ2v) is 7.00. The van der Waals surface area contributed by atoms with Crippen LogP contribution >= 0.6 is 0 Å². The van der Waals surface area contributed by atoms with Gasteiger partial charge >= 0.3 is 0 Å². The molecule has 0 saturated heterocycles. The highest BCUT2D eigenvalue weighted by Crippen LogP contribution is 2.49. The van der Waals surface area contributed by atoms with Gasteiger partial charge in [0.25, 0.3) is 0 Å². The van der Waals surface area contributed by atoms with E-state index in [1.807, 2.05) is 54.6 Å². The maximum absolute atomic E-state index is 13.1. The number of aromatic nitrogens is 1. The molecule has 1 aliphatic carbocycles. The zero-order chi connectivity index (χ0) is 19.7. The average molecular weight is 386 g/mol. The van der Waals surface area contributed by atoms with E-state index in [0.717, 1.165) is 0 Å². The second kappa shape index (κ2) is 6.98. The van der Waals surface area contributed by atoms with Crippen molar-refractivity contribution in [1.29, 1.82) is 0 Å². The van der Waals surface area contributed by atoms with Crippen molar-refractivity contribution >= 4 is 11.6 Å². The molecular weight excluding hydrogens is 368 g/mol. The first-order chi connectivity index (χ1) is 14.2. The summed E-state index contributed by atoms with van der Waals surface area (Å²) < 4.78 is 16.7. The van der Waals surface area contributed by atoms with Crippen LogP contribution in [0.1, 0.15) is 18.5 Å². The lowest BCUT2D eigenvalue weighted by atomic mass is 10.0. The Hall–Kier alpha value is -3.80. The molecule has 6 nitrogen and oxygen atoms in total. The molecule has 29 heavy (non-hydrogen) atoms. The van der Waals surface area contributed by atoms with Gasteiger partial charge in [0.15, 0.2) is 11.5 Å². The molecule has 2 aromatic heterocycles. The normalized spacial score (nSPS) is 14.3. The smallest absolute Gasteiger partial charge is 0.236 e. The van der Waals surface area contributed by atoms with E-state index in [1.165, 1.54) is 0 Å². The molecule has 144 valence electrons. The third kappa shape index (κ3) is 3.29. The van der Waals surface area contributed by atoms with Crippen LogP contribution in [0.25, 0.3) is 11.5 Å². The minimum absolute atomic E-state index is 0.124. The maximum Gasteiger partial charge on any atom is 0.236 e. The number of para-hydroxylation sites is 3. The van der Waals surface area contributed by atoms with E-state index in [-0.39, 0.29) is 5.91 Å². The Labute approximate surface area is 167 Å². The highest BCUT2D eigenvalue weighted by atomic mass is 16.5. The summed E-state index contributed by atoms with van der Waals surface area (Å²) in [5.41, 5.74) is 0.541. The molecule has 6 heteroatoms. The molecule has 1 saturated carbocycles. The first kappa shape index (κ1) is 17.3. The summed E-state index contributed by atoms with van der Waals surface area (Å²) in [7, 11) is 0. The highest BCUT2D eigenvalue weighted by Gasteiger charge is 2.54. The summed E-state index contributed by atoms with van der Waals surface area (Å²) in [5, 5.41) is 7.14. The molecule has 5 rings (SSSR count). The van der Waals surface area contributed by atoms with Gasteiger partial charge in [-0.05, 0) is 49.2 Å². The van der Waals surface area contributed by atoms with Crippen molar-refractivity contribution in [2.45, 2.75) is 18.3 Å². The van der Waals surface area contributed by atoms with E-state index in [2.05, 4.69) is 10.5 Å². The fraction of sp³-hybridized carbons (Fsp3) is 0.130. The number of ether oxygens (including phenoxy) is 1. The fourth-order valence-corrected chi connectivity index (χ4v) is 3.28. The van der Waals surface area contributed by atoms with Crippen molar-refractivity contribution in [1.82, 2.24) is 5.16 Å². The van der Waals surface area contributed by atoms with Crippen molar-refractivity contribution in [2.24, 2.45) is 0 Å². The Morgan fingerprint density at radius 1 is 0.966 bits per heavy atom. The van der Waals surface area contributed by atoms with Crippen LogP contribution in [-0.4, -0.2) is 11.1 Å². The van der Waals surface area contributed by atoms with Crippen LogP contribution in [0.4, 0.5) is 5.69 Å². The number of hydrogen-bond donors (Lipinski definition) is 1. The van der Waals surface area contributed by atoms with Gasteiger partial charge in [-0.2, -0.15) is 0 Å². The lowest BCUT2D eigenvalue weighted by molar-refractivity contribution is -0.118. The van der Waals surface area contributed by atoms with Crippen molar-refractivity contribution < 1.29 is 18.5 Å². The van der Waals surface area contributed by atoms with Gasteiger partial charge in [-0.15, -0.1) is 0 Å². The van der Waals surface area contributed by atoms with Crippen LogP contribution in [-0.2, 0) is 10.2 Å². The SMILES string of the molecule is O=C(Nc1ccccc1Oc1ccccc1)C1(c2cc(-c3ccco3)on2)CC1. The Balaban J connectivity index is 1.37. The minimum Gasteiger partial charge on any atom is -0.461 e. The molecule has 0 unspecified atom stereocenters. The predicted octanol–water partition coefficient (Wildman–Crippen LogP) is 5.40. The van der Waals surface area contributed by atoms with Gasteiger partial charge < -0.3 is 19.0 Å². The van der Waals surface area contributed by atoms with E-state index in [4.69, 9.17) is 13.7 Å². The molecule has 1 N–H and O–H groups in total. The van der Waals surface area contributed by atoms with Crippen LogP contribution in [0, 0.1) is 0 Å². The van der Waals surface area contributed by atoms with Gasteiger partial charge in [0.1, 0.15) is 5.75 Å². The zero-order valence-corrected chi connectivity index (χ0v) is 15.5.